The van der Waals surface area contributed by atoms with E-state index in [-0.39, 0.29) is 12.0 Å². The summed E-state index contributed by atoms with van der Waals surface area (Å²) in [6.07, 6.45) is 5.63. The van der Waals surface area contributed by atoms with Crippen LogP contribution in [0.1, 0.15) is 45.4 Å². The molecule has 0 saturated heterocycles. The molecule has 4 nitrogen and oxygen atoms in total. The normalized spacial score (nSPS) is 23.0. The molecular weight excluding hydrogens is 326 g/mol. The Bertz CT molecular complexity index is 887. The molecule has 2 aromatic carbocycles. The van der Waals surface area contributed by atoms with Gasteiger partial charge in [-0.1, -0.05) is 35.9 Å². The Labute approximate surface area is 153 Å². The van der Waals surface area contributed by atoms with Crippen LogP contribution in [0.5, 0.6) is 5.75 Å². The summed E-state index contributed by atoms with van der Waals surface area (Å²) in [5.41, 5.74) is 5.40. The van der Waals surface area contributed by atoms with Gasteiger partial charge in [-0.05, 0) is 43.0 Å². The van der Waals surface area contributed by atoms with Crippen molar-refractivity contribution in [3.05, 3.63) is 70.8 Å². The second-order valence-corrected chi connectivity index (χ2v) is 7.01. The number of carbonyl (C=O) groups excluding carboxylic acids is 1. The van der Waals surface area contributed by atoms with Gasteiger partial charge in [-0.2, -0.15) is 0 Å². The molecule has 2 aromatic rings. The number of anilines is 1. The maximum Gasteiger partial charge on any atom is 0.337 e. The van der Waals surface area contributed by atoms with Crippen molar-refractivity contribution >= 4 is 11.7 Å². The van der Waals surface area contributed by atoms with Crippen LogP contribution in [0.4, 0.5) is 5.69 Å². The van der Waals surface area contributed by atoms with E-state index in [9.17, 15) is 4.79 Å². The number of hydrogen-bond donors (Lipinski definition) is 1. The zero-order chi connectivity index (χ0) is 18.3. The lowest BCUT2D eigenvalue weighted by Crippen LogP contribution is -2.29. The molecule has 2 aliphatic rings. The van der Waals surface area contributed by atoms with Crippen LogP contribution in [0.2, 0.25) is 0 Å². The molecule has 0 spiro atoms. The molecule has 1 N–H and O–H groups in total. The van der Waals surface area contributed by atoms with E-state index in [0.717, 1.165) is 12.0 Å². The first-order chi connectivity index (χ1) is 12.6. The number of nitrogens with one attached hydrogen (secondary N) is 1. The van der Waals surface area contributed by atoms with Crippen LogP contribution in [-0.4, -0.2) is 20.2 Å². The highest BCUT2D eigenvalue weighted by molar-refractivity contribution is 5.90. The number of hydrogen-bond acceptors (Lipinski definition) is 4. The van der Waals surface area contributed by atoms with Crippen LogP contribution in [0.3, 0.4) is 0 Å². The number of carbonyl (C=O) groups is 1. The van der Waals surface area contributed by atoms with E-state index in [1.165, 1.54) is 23.9 Å². The monoisotopic (exact) mass is 349 g/mol. The van der Waals surface area contributed by atoms with Crippen LogP contribution >= 0.6 is 0 Å². The van der Waals surface area contributed by atoms with Gasteiger partial charge in [-0.25, -0.2) is 4.79 Å². The van der Waals surface area contributed by atoms with Crippen LogP contribution in [0, 0.1) is 12.8 Å². The maximum absolute atomic E-state index is 11.8. The second kappa shape index (κ2) is 6.52. The molecule has 0 amide bonds. The lowest BCUT2D eigenvalue weighted by Gasteiger charge is -2.38. The fourth-order valence-electron chi connectivity index (χ4n) is 4.23. The van der Waals surface area contributed by atoms with Crippen LogP contribution in [0.25, 0.3) is 0 Å². The summed E-state index contributed by atoms with van der Waals surface area (Å²) in [4.78, 5) is 11.8. The third-order valence-corrected chi connectivity index (χ3v) is 5.51. The number of fused-ring (bicyclic) bond motifs is 3. The summed E-state index contributed by atoms with van der Waals surface area (Å²) < 4.78 is 10.4. The molecule has 3 atom stereocenters. The number of ether oxygens (including phenoxy) is 2. The third-order valence-electron chi connectivity index (χ3n) is 5.51. The Morgan fingerprint density at radius 1 is 1.12 bits per heavy atom. The summed E-state index contributed by atoms with van der Waals surface area (Å²) in [6.45, 7) is 2.13. The van der Waals surface area contributed by atoms with Crippen molar-refractivity contribution in [1.82, 2.24) is 0 Å². The highest BCUT2D eigenvalue weighted by Gasteiger charge is 2.39. The Morgan fingerprint density at radius 2 is 1.96 bits per heavy atom. The average Bonchev–Trinajstić information content (AvgIpc) is 3.16. The van der Waals surface area contributed by atoms with Gasteiger partial charge in [0.05, 0.1) is 25.8 Å². The quantitative estimate of drug-likeness (QED) is 0.649. The standard InChI is InChI=1S/C22H23NO3/c1-13-7-10-19-18(11-13)15-5-4-6-16(15)21(23-19)17-9-8-14(22(24)26-3)12-20(17)25-2/h4-5,7-12,15-16,21,23H,6H2,1-3H3. The molecule has 1 aliphatic heterocycles. The summed E-state index contributed by atoms with van der Waals surface area (Å²) in [6, 6.07) is 12.3. The van der Waals surface area contributed by atoms with E-state index >= 15 is 0 Å². The van der Waals surface area contributed by atoms with Gasteiger partial charge in [-0.15, -0.1) is 0 Å². The average molecular weight is 349 g/mol. The Morgan fingerprint density at radius 3 is 2.73 bits per heavy atom. The number of allylic oxidation sites excluding steroid dienone is 2. The van der Waals surface area contributed by atoms with Gasteiger partial charge in [-0.3, -0.25) is 0 Å². The van der Waals surface area contributed by atoms with Crippen molar-refractivity contribution < 1.29 is 14.3 Å². The minimum Gasteiger partial charge on any atom is -0.496 e. The smallest absolute Gasteiger partial charge is 0.337 e. The van der Waals surface area contributed by atoms with Gasteiger partial charge in [0.15, 0.2) is 0 Å². The zero-order valence-corrected chi connectivity index (χ0v) is 15.3. The third kappa shape index (κ3) is 2.66. The van der Waals surface area contributed by atoms with Gasteiger partial charge >= 0.3 is 5.97 Å². The predicted octanol–water partition coefficient (Wildman–Crippen LogP) is 4.62. The molecule has 4 rings (SSSR count). The van der Waals surface area contributed by atoms with Crippen LogP contribution < -0.4 is 10.1 Å². The van der Waals surface area contributed by atoms with Crippen LogP contribution in [-0.2, 0) is 4.74 Å². The first-order valence-corrected chi connectivity index (χ1v) is 8.92. The lowest BCUT2D eigenvalue weighted by atomic mass is 9.76. The Balaban J connectivity index is 1.76. The number of rotatable bonds is 3. The summed E-state index contributed by atoms with van der Waals surface area (Å²) >= 11 is 0. The minimum absolute atomic E-state index is 0.131. The second-order valence-electron chi connectivity index (χ2n) is 7.01. The highest BCUT2D eigenvalue weighted by Crippen LogP contribution is 2.51. The molecular formula is C22H23NO3. The Kier molecular flexibility index (Phi) is 4.19. The SMILES string of the molecule is COC(=O)c1ccc(C2Nc3ccc(C)cc3C3C=CCC32)c(OC)c1. The maximum atomic E-state index is 11.8. The van der Waals surface area contributed by atoms with Crippen molar-refractivity contribution in [2.45, 2.75) is 25.3 Å². The molecule has 3 unspecified atom stereocenters. The zero-order valence-electron chi connectivity index (χ0n) is 15.3. The molecule has 0 bridgehead atoms. The minimum atomic E-state index is -0.354. The van der Waals surface area contributed by atoms with Gasteiger partial charge < -0.3 is 14.8 Å². The molecule has 26 heavy (non-hydrogen) atoms. The van der Waals surface area contributed by atoms with Crippen molar-refractivity contribution in [1.29, 1.82) is 0 Å². The number of benzene rings is 2. The first kappa shape index (κ1) is 16.7. The molecule has 1 heterocycles. The Hall–Kier alpha value is -2.75. The molecule has 4 heteroatoms. The topological polar surface area (TPSA) is 47.6 Å². The van der Waals surface area contributed by atoms with Gasteiger partial charge in [0.25, 0.3) is 0 Å². The summed E-state index contributed by atoms with van der Waals surface area (Å²) in [7, 11) is 3.03. The van der Waals surface area contributed by atoms with Crippen molar-refractivity contribution in [2.75, 3.05) is 19.5 Å². The van der Waals surface area contributed by atoms with E-state index in [1.807, 2.05) is 12.1 Å². The van der Waals surface area contributed by atoms with Crippen molar-refractivity contribution in [3.63, 3.8) is 0 Å². The number of methoxy groups -OCH3 is 2. The van der Waals surface area contributed by atoms with E-state index in [4.69, 9.17) is 9.47 Å². The van der Waals surface area contributed by atoms with Crippen molar-refractivity contribution in [2.24, 2.45) is 5.92 Å². The predicted molar refractivity (Wildman–Crippen MR) is 102 cm³/mol. The highest BCUT2D eigenvalue weighted by atomic mass is 16.5. The van der Waals surface area contributed by atoms with E-state index in [2.05, 4.69) is 42.6 Å². The number of esters is 1. The fraction of sp³-hybridized carbons (Fsp3) is 0.318. The number of aryl methyl sites for hydroxylation is 1. The van der Waals surface area contributed by atoms with E-state index in [1.54, 1.807) is 13.2 Å². The fourth-order valence-corrected chi connectivity index (χ4v) is 4.23. The van der Waals surface area contributed by atoms with Crippen molar-refractivity contribution in [3.8, 4) is 5.75 Å². The summed E-state index contributed by atoms with van der Waals surface area (Å²) in [5, 5.41) is 3.71. The lowest BCUT2D eigenvalue weighted by molar-refractivity contribution is 0.0600. The van der Waals surface area contributed by atoms with Crippen LogP contribution in [0.15, 0.2) is 48.6 Å². The van der Waals surface area contributed by atoms with E-state index in [0.29, 0.717) is 23.1 Å². The largest absolute Gasteiger partial charge is 0.496 e. The van der Waals surface area contributed by atoms with Gasteiger partial charge in [0.1, 0.15) is 5.75 Å². The van der Waals surface area contributed by atoms with Gasteiger partial charge in [0, 0.05) is 17.2 Å². The molecule has 0 saturated carbocycles. The molecule has 1 aliphatic carbocycles. The molecule has 0 radical (unpaired) electrons. The molecule has 134 valence electrons. The van der Waals surface area contributed by atoms with Gasteiger partial charge in [0.2, 0.25) is 0 Å². The van der Waals surface area contributed by atoms with E-state index < -0.39 is 0 Å². The first-order valence-electron chi connectivity index (χ1n) is 8.92. The molecule has 0 aromatic heterocycles. The summed E-state index contributed by atoms with van der Waals surface area (Å²) in [5.74, 6) is 1.20. The molecule has 0 fully saturated rings.